The van der Waals surface area contributed by atoms with Crippen LogP contribution < -0.4 is 0 Å². The molecule has 0 N–H and O–H groups in total. The summed E-state index contributed by atoms with van der Waals surface area (Å²) in [6.45, 7) is 0. The molecule has 6 aromatic rings. The van der Waals surface area contributed by atoms with Crippen LogP contribution in [-0.2, 0) is 16.9 Å². The van der Waals surface area contributed by atoms with Gasteiger partial charge >= 0.3 is 0 Å². The second-order valence-electron chi connectivity index (χ2n) is 10.2. The van der Waals surface area contributed by atoms with E-state index in [4.69, 9.17) is 5.21 Å². The Morgan fingerprint density at radius 2 is 1.38 bits per heavy atom. The van der Waals surface area contributed by atoms with Crippen LogP contribution in [0.1, 0.15) is 31.2 Å². The zero-order valence-corrected chi connectivity index (χ0v) is 20.6. The topological polar surface area (TPSA) is 52.7 Å². The average Bonchev–Trinajstić information content (AvgIpc) is 3.53. The molecule has 5 nitrogen and oxygen atoms in total. The minimum Gasteiger partial charge on any atom is -0.314 e. The van der Waals surface area contributed by atoms with Gasteiger partial charge in [0.05, 0.1) is 16.6 Å². The number of rotatable bonds is 5. The van der Waals surface area contributed by atoms with E-state index in [1.807, 2.05) is 18.2 Å². The molecule has 2 unspecified atom stereocenters. The van der Waals surface area contributed by atoms with Gasteiger partial charge in [-0.3, -0.25) is 4.79 Å². The first-order chi connectivity index (χ1) is 18.3. The van der Waals surface area contributed by atoms with Gasteiger partial charge in [0.15, 0.2) is 0 Å². The van der Waals surface area contributed by atoms with Gasteiger partial charge in [-0.25, -0.2) is 4.68 Å². The maximum atomic E-state index is 13.0. The molecular weight excluding hydrogens is 456 g/mol. The highest BCUT2D eigenvalue weighted by atomic mass is 16.1. The van der Waals surface area contributed by atoms with Crippen molar-refractivity contribution in [3.05, 3.63) is 109 Å². The lowest BCUT2D eigenvalue weighted by molar-refractivity contribution is -0.123. The average molecular weight is 485 g/mol. The first kappa shape index (κ1) is 22.0. The fourth-order valence-corrected chi connectivity index (χ4v) is 6.56. The fourth-order valence-electron chi connectivity index (χ4n) is 6.56. The Balaban J connectivity index is 1.65. The number of aromatic nitrogens is 4. The molecule has 0 amide bonds. The monoisotopic (exact) mass is 484 g/mol. The van der Waals surface area contributed by atoms with E-state index in [1.165, 1.54) is 16.3 Å². The van der Waals surface area contributed by atoms with Gasteiger partial charge in [0.1, 0.15) is 17.0 Å². The highest BCUT2D eigenvalue weighted by molar-refractivity contribution is 6.08. The normalized spacial score (nSPS) is 17.9. The molecule has 1 aliphatic rings. The lowest BCUT2D eigenvalue weighted by Crippen LogP contribution is -2.51. The van der Waals surface area contributed by atoms with Crippen molar-refractivity contribution in [1.82, 2.24) is 19.6 Å². The van der Waals surface area contributed by atoms with Gasteiger partial charge in [-0.05, 0) is 42.7 Å². The Hall–Kier alpha value is -4.25. The summed E-state index contributed by atoms with van der Waals surface area (Å²) in [5, 5.41) is 11.9. The molecule has 7 rings (SSSR count). The third-order valence-corrected chi connectivity index (χ3v) is 8.13. The van der Waals surface area contributed by atoms with Crippen molar-refractivity contribution in [3.63, 3.8) is 0 Å². The molecule has 1 aliphatic carbocycles. The summed E-state index contributed by atoms with van der Waals surface area (Å²) in [6.07, 6.45) is 3.73. The number of Topliss-reactive ketones (excluding diaryl/α,β-unsaturated/α-hetero) is 1. The first-order valence-corrected chi connectivity index (χ1v) is 13.1. The summed E-state index contributed by atoms with van der Waals surface area (Å²) in [5.74, 6) is 0.386. The second kappa shape index (κ2) is 8.70. The summed E-state index contributed by atoms with van der Waals surface area (Å²) in [6, 6.07) is 36.0. The molecule has 0 spiro atoms. The van der Waals surface area contributed by atoms with E-state index in [9.17, 15) is 4.79 Å². The number of hydrogen-bond donors (Lipinski definition) is 0. The number of fused-ring (bicyclic) bond motifs is 4. The van der Waals surface area contributed by atoms with Gasteiger partial charge in [-0.1, -0.05) is 84.1 Å². The molecule has 1 saturated carbocycles. The maximum absolute atomic E-state index is 13.0. The molecule has 0 radical (unpaired) electrons. The zero-order chi connectivity index (χ0) is 24.8. The van der Waals surface area contributed by atoms with Crippen LogP contribution in [0.25, 0.3) is 32.8 Å². The molecular formula is C32H28N4O. The number of carbonyl (C=O) groups excluding carboxylic acids is 1. The van der Waals surface area contributed by atoms with Crippen LogP contribution in [-0.4, -0.2) is 25.3 Å². The first-order valence-electron chi connectivity index (χ1n) is 13.1. The largest absolute Gasteiger partial charge is 0.314 e. The van der Waals surface area contributed by atoms with Crippen LogP contribution in [0.5, 0.6) is 0 Å². The Kier molecular flexibility index (Phi) is 5.17. The predicted octanol–water partition coefficient (Wildman–Crippen LogP) is 6.74. The molecule has 1 fully saturated rings. The van der Waals surface area contributed by atoms with Gasteiger partial charge in [0, 0.05) is 36.0 Å². The van der Waals surface area contributed by atoms with Gasteiger partial charge in [0.25, 0.3) is 0 Å². The van der Waals surface area contributed by atoms with Gasteiger partial charge in [-0.15, -0.1) is 5.10 Å². The van der Waals surface area contributed by atoms with E-state index in [0.717, 1.165) is 34.9 Å². The maximum Gasteiger partial charge on any atom is 0.147 e. The van der Waals surface area contributed by atoms with Crippen LogP contribution in [0.4, 0.5) is 0 Å². The van der Waals surface area contributed by atoms with E-state index < -0.39 is 5.66 Å². The SMILES string of the molecule is O=C1CCCC(C(Cc2ccccc2)(n2nnc3ccccc32)n2c3ccccc3c3ccccc32)C1. The number of carbonyl (C=O) groups is 1. The number of nitrogens with zero attached hydrogens (tertiary/aromatic N) is 4. The minimum atomic E-state index is -0.670. The quantitative estimate of drug-likeness (QED) is 0.272. The molecule has 0 saturated heterocycles. The van der Waals surface area contributed by atoms with E-state index in [1.54, 1.807) is 0 Å². The standard InChI is InChI=1S/C32H28N4O/c37-25-14-10-13-24(21-25)32(22-23-11-2-1-3-12-23,36-31-20-9-6-17-28(31)33-34-36)35-29-18-7-4-15-26(29)27-16-5-8-19-30(27)35/h1-9,11-12,15-20,24H,10,13-14,21-22H2. The Morgan fingerprint density at radius 1 is 0.757 bits per heavy atom. The third-order valence-electron chi connectivity index (χ3n) is 8.13. The van der Waals surface area contributed by atoms with Crippen molar-refractivity contribution in [1.29, 1.82) is 0 Å². The molecule has 0 aliphatic heterocycles. The molecule has 4 aromatic carbocycles. The molecule has 2 atom stereocenters. The molecule has 2 aromatic heterocycles. The summed E-state index contributed by atoms with van der Waals surface area (Å²) >= 11 is 0. The van der Waals surface area contributed by atoms with Crippen LogP contribution in [0.2, 0.25) is 0 Å². The van der Waals surface area contributed by atoms with E-state index in [2.05, 4.69) is 99.3 Å². The molecule has 182 valence electrons. The van der Waals surface area contributed by atoms with Gasteiger partial charge in [-0.2, -0.15) is 0 Å². The predicted molar refractivity (Wildman–Crippen MR) is 147 cm³/mol. The fraction of sp³-hybridized carbons (Fsp3) is 0.219. The van der Waals surface area contributed by atoms with E-state index >= 15 is 0 Å². The molecule has 37 heavy (non-hydrogen) atoms. The third kappa shape index (κ3) is 3.41. The highest BCUT2D eigenvalue weighted by Gasteiger charge is 2.47. The lowest BCUT2D eigenvalue weighted by atomic mass is 9.75. The molecule has 0 bridgehead atoms. The Morgan fingerprint density at radius 3 is 2.08 bits per heavy atom. The minimum absolute atomic E-state index is 0.0540. The number of para-hydroxylation sites is 3. The molecule has 5 heteroatoms. The van der Waals surface area contributed by atoms with E-state index in [-0.39, 0.29) is 5.92 Å². The van der Waals surface area contributed by atoms with Crippen LogP contribution in [0.3, 0.4) is 0 Å². The van der Waals surface area contributed by atoms with Crippen molar-refractivity contribution in [2.45, 2.75) is 37.8 Å². The van der Waals surface area contributed by atoms with Crippen molar-refractivity contribution in [2.75, 3.05) is 0 Å². The van der Waals surface area contributed by atoms with Crippen LogP contribution >= 0.6 is 0 Å². The number of hydrogen-bond acceptors (Lipinski definition) is 3. The molecule has 2 heterocycles. The van der Waals surface area contributed by atoms with Crippen molar-refractivity contribution < 1.29 is 4.79 Å². The Labute approximate surface area is 215 Å². The Bertz CT molecular complexity index is 1700. The summed E-state index contributed by atoms with van der Waals surface area (Å²) in [5.41, 5.74) is 4.69. The number of ketones is 1. The van der Waals surface area contributed by atoms with Crippen LogP contribution in [0.15, 0.2) is 103 Å². The zero-order valence-electron chi connectivity index (χ0n) is 20.6. The number of benzene rings is 4. The van der Waals surface area contributed by atoms with Gasteiger partial charge < -0.3 is 4.57 Å². The second-order valence-corrected chi connectivity index (χ2v) is 10.2. The van der Waals surface area contributed by atoms with Crippen molar-refractivity contribution in [2.24, 2.45) is 5.92 Å². The van der Waals surface area contributed by atoms with Crippen LogP contribution in [0, 0.1) is 5.92 Å². The summed E-state index contributed by atoms with van der Waals surface area (Å²) in [4.78, 5) is 13.0. The summed E-state index contributed by atoms with van der Waals surface area (Å²) in [7, 11) is 0. The van der Waals surface area contributed by atoms with Crippen molar-refractivity contribution in [3.8, 4) is 0 Å². The highest BCUT2D eigenvalue weighted by Crippen LogP contribution is 2.46. The van der Waals surface area contributed by atoms with Gasteiger partial charge in [0.2, 0.25) is 0 Å². The van der Waals surface area contributed by atoms with E-state index in [0.29, 0.717) is 25.0 Å². The summed E-state index contributed by atoms with van der Waals surface area (Å²) < 4.78 is 4.62. The lowest BCUT2D eigenvalue weighted by Gasteiger charge is -2.45. The smallest absolute Gasteiger partial charge is 0.147 e. The van der Waals surface area contributed by atoms with Crippen molar-refractivity contribution >= 4 is 38.6 Å².